The Morgan fingerprint density at radius 3 is 2.04 bits per heavy atom. The van der Waals surface area contributed by atoms with Crippen LogP contribution in [0.5, 0.6) is 0 Å². The predicted octanol–water partition coefficient (Wildman–Crippen LogP) is 12.7. The molecule has 46 heavy (non-hydrogen) atoms. The molecule has 0 N–H and O–H groups in total. The molecule has 2 heteroatoms. The van der Waals surface area contributed by atoms with Crippen LogP contribution in [0.2, 0.25) is 0 Å². The zero-order valence-electron chi connectivity index (χ0n) is 31.6. The number of furan rings is 1. The van der Waals surface area contributed by atoms with Crippen LogP contribution in [0.4, 0.5) is 17.1 Å². The van der Waals surface area contributed by atoms with Crippen molar-refractivity contribution in [3.05, 3.63) is 176 Å². The maximum Gasteiger partial charge on any atom is 0.143 e. The lowest BCUT2D eigenvalue weighted by Crippen LogP contribution is -2.10. The van der Waals surface area contributed by atoms with E-state index in [4.69, 9.17) is 14.0 Å². The van der Waals surface area contributed by atoms with Gasteiger partial charge in [0.1, 0.15) is 11.2 Å². The van der Waals surface area contributed by atoms with E-state index in [0.717, 1.165) is 44.3 Å². The first-order chi connectivity index (χ1) is 25.7. The molecule has 0 aliphatic heterocycles. The highest BCUT2D eigenvalue weighted by Gasteiger charge is 2.22. The summed E-state index contributed by atoms with van der Waals surface area (Å²) < 4.78 is 67.6. The van der Waals surface area contributed by atoms with Crippen LogP contribution in [0.25, 0.3) is 65.7 Å². The Balaban J connectivity index is 1.40. The van der Waals surface area contributed by atoms with E-state index < -0.39 is 30.2 Å². The van der Waals surface area contributed by atoms with E-state index in [9.17, 15) is 0 Å². The van der Waals surface area contributed by atoms with Crippen molar-refractivity contribution in [2.24, 2.45) is 0 Å². The molecule has 0 unspecified atom stereocenters. The van der Waals surface area contributed by atoms with Crippen molar-refractivity contribution in [1.82, 2.24) is 0 Å². The van der Waals surface area contributed by atoms with E-state index in [1.807, 2.05) is 60.7 Å². The summed E-state index contributed by atoms with van der Waals surface area (Å²) in [6.45, 7) is 0. The van der Waals surface area contributed by atoms with Crippen LogP contribution < -0.4 is 4.90 Å². The minimum atomic E-state index is -0.487. The summed E-state index contributed by atoms with van der Waals surface area (Å²) in [6, 6.07) is 41.5. The van der Waals surface area contributed by atoms with Crippen LogP contribution >= 0.6 is 0 Å². The maximum atomic E-state index is 9.14. The van der Waals surface area contributed by atoms with Crippen molar-refractivity contribution in [2.75, 3.05) is 4.90 Å². The number of hydrogen-bond donors (Lipinski definition) is 0. The molecule has 8 aromatic carbocycles. The quantitative estimate of drug-likeness (QED) is 0.197. The second-order valence-electron chi connectivity index (χ2n) is 11.2. The molecule has 0 amide bonds. The molecule has 0 saturated carbocycles. The van der Waals surface area contributed by atoms with E-state index in [0.29, 0.717) is 22.1 Å². The summed E-state index contributed by atoms with van der Waals surface area (Å²) in [6.07, 6.45) is 0. The Labute approximate surface area is 277 Å². The SMILES string of the molecule is [2H]c1c([2H])c([2H])c2c(-c3cccc4oc5c6ccccc6c(N(c6ccccc6)c6cccc(-c7ccccc7)c6)cc5c34)c([2H])c([2H])c([2H])c2c1[2H]. The first kappa shape index (κ1) is 20.0. The van der Waals surface area contributed by atoms with Gasteiger partial charge in [0, 0.05) is 32.9 Å². The number of anilines is 3. The Kier molecular flexibility index (Phi) is 4.70. The molecule has 0 aliphatic carbocycles. The summed E-state index contributed by atoms with van der Waals surface area (Å²) >= 11 is 0. The molecular formula is C44H29NO. The van der Waals surface area contributed by atoms with Crippen LogP contribution in [0, 0.1) is 0 Å². The fourth-order valence-corrected chi connectivity index (χ4v) is 6.50. The van der Waals surface area contributed by atoms with E-state index in [-0.39, 0.29) is 28.4 Å². The van der Waals surface area contributed by atoms with Gasteiger partial charge in [-0.15, -0.1) is 0 Å². The zero-order valence-corrected chi connectivity index (χ0v) is 24.6. The molecule has 0 spiro atoms. The summed E-state index contributed by atoms with van der Waals surface area (Å²) in [7, 11) is 0. The molecule has 0 fully saturated rings. The van der Waals surface area contributed by atoms with Gasteiger partial charge in [-0.1, -0.05) is 139 Å². The highest BCUT2D eigenvalue weighted by Crippen LogP contribution is 2.47. The lowest BCUT2D eigenvalue weighted by atomic mass is 9.93. The number of fused-ring (bicyclic) bond motifs is 6. The third-order valence-electron chi connectivity index (χ3n) is 8.53. The van der Waals surface area contributed by atoms with Gasteiger partial charge in [0.2, 0.25) is 0 Å². The van der Waals surface area contributed by atoms with Gasteiger partial charge in [-0.25, -0.2) is 0 Å². The molecular weight excluding hydrogens is 558 g/mol. The molecule has 1 aromatic heterocycles. The molecule has 9 aromatic rings. The smallest absolute Gasteiger partial charge is 0.143 e. The number of rotatable bonds is 5. The van der Waals surface area contributed by atoms with Crippen LogP contribution in [-0.4, -0.2) is 0 Å². The topological polar surface area (TPSA) is 16.4 Å². The second kappa shape index (κ2) is 10.8. The summed E-state index contributed by atoms with van der Waals surface area (Å²) in [5.41, 5.74) is 6.70. The number of hydrogen-bond acceptors (Lipinski definition) is 2. The van der Waals surface area contributed by atoms with E-state index in [1.165, 1.54) is 0 Å². The van der Waals surface area contributed by atoms with Crippen molar-refractivity contribution < 1.29 is 14.0 Å². The van der Waals surface area contributed by atoms with Crippen LogP contribution in [-0.2, 0) is 0 Å². The average Bonchev–Trinajstić information content (AvgIpc) is 3.58. The number of para-hydroxylation sites is 1. The third kappa shape index (κ3) is 4.27. The van der Waals surface area contributed by atoms with Crippen molar-refractivity contribution in [1.29, 1.82) is 0 Å². The summed E-state index contributed by atoms with van der Waals surface area (Å²) in [4.78, 5) is 2.22. The van der Waals surface area contributed by atoms with Crippen molar-refractivity contribution in [3.8, 4) is 22.3 Å². The van der Waals surface area contributed by atoms with Gasteiger partial charge in [-0.05, 0) is 69.4 Å². The van der Waals surface area contributed by atoms with Crippen molar-refractivity contribution in [2.45, 2.75) is 0 Å². The van der Waals surface area contributed by atoms with E-state index >= 15 is 0 Å². The van der Waals surface area contributed by atoms with Gasteiger partial charge >= 0.3 is 0 Å². The fourth-order valence-electron chi connectivity index (χ4n) is 6.50. The largest absolute Gasteiger partial charge is 0.455 e. The number of benzene rings is 8. The lowest BCUT2D eigenvalue weighted by Gasteiger charge is -2.27. The van der Waals surface area contributed by atoms with Crippen LogP contribution in [0.15, 0.2) is 180 Å². The minimum absolute atomic E-state index is 0.0356. The van der Waals surface area contributed by atoms with E-state index in [2.05, 4.69) is 65.6 Å². The Bertz CT molecular complexity index is 2920. The van der Waals surface area contributed by atoms with E-state index in [1.54, 1.807) is 12.1 Å². The first-order valence-electron chi connectivity index (χ1n) is 18.6. The standard InChI is InChI=1S/C44H29NO/c1-3-14-30(15-4-1)32-18-11-21-34(28-32)45(33-19-5-2-6-20-33)41-29-40-43-38(36-25-12-17-31-16-7-8-22-35(31)36)26-13-27-42(43)46-44(40)39-24-10-9-23-37(39)41/h1-29H/i7D,8D,12D,16D,17D,22D,25D. The molecule has 1 heterocycles. The fraction of sp³-hybridized carbons (Fsp3) is 0. The van der Waals surface area contributed by atoms with Crippen molar-refractivity contribution >= 4 is 60.5 Å². The molecule has 9 rings (SSSR count). The monoisotopic (exact) mass is 594 g/mol. The molecule has 0 atom stereocenters. The van der Waals surface area contributed by atoms with Gasteiger partial charge < -0.3 is 9.32 Å². The first-order valence-corrected chi connectivity index (χ1v) is 15.1. The average molecular weight is 595 g/mol. The second-order valence-corrected chi connectivity index (χ2v) is 11.2. The Morgan fingerprint density at radius 2 is 1.17 bits per heavy atom. The molecule has 0 saturated heterocycles. The molecule has 2 nitrogen and oxygen atoms in total. The summed E-state index contributed by atoms with van der Waals surface area (Å²) in [5, 5.41) is 3.13. The Hall–Kier alpha value is -6.12. The van der Waals surface area contributed by atoms with Gasteiger partial charge in [0.05, 0.1) is 15.3 Å². The van der Waals surface area contributed by atoms with Crippen LogP contribution in [0.3, 0.4) is 0 Å². The predicted molar refractivity (Wildman–Crippen MR) is 194 cm³/mol. The Morgan fingerprint density at radius 1 is 0.478 bits per heavy atom. The third-order valence-corrected chi connectivity index (χ3v) is 8.53. The van der Waals surface area contributed by atoms with Gasteiger partial charge in [-0.2, -0.15) is 0 Å². The van der Waals surface area contributed by atoms with Gasteiger partial charge in [0.25, 0.3) is 0 Å². The number of nitrogens with zero attached hydrogens (tertiary/aromatic N) is 1. The minimum Gasteiger partial charge on any atom is -0.455 e. The zero-order chi connectivity index (χ0) is 36.5. The molecule has 0 radical (unpaired) electrons. The molecule has 0 aliphatic rings. The van der Waals surface area contributed by atoms with Crippen LogP contribution in [0.1, 0.15) is 9.60 Å². The van der Waals surface area contributed by atoms with Gasteiger partial charge in [-0.3, -0.25) is 0 Å². The van der Waals surface area contributed by atoms with Crippen molar-refractivity contribution in [3.63, 3.8) is 0 Å². The maximum absolute atomic E-state index is 9.14. The normalized spacial score (nSPS) is 13.6. The summed E-state index contributed by atoms with van der Waals surface area (Å²) in [5.74, 6) is 0. The highest BCUT2D eigenvalue weighted by atomic mass is 16.3. The molecule has 0 bridgehead atoms. The van der Waals surface area contributed by atoms with Gasteiger partial charge in [0.15, 0.2) is 0 Å². The highest BCUT2D eigenvalue weighted by molar-refractivity contribution is 6.23. The lowest BCUT2D eigenvalue weighted by molar-refractivity contribution is 0.673. The molecule has 216 valence electrons.